The zero-order valence-electron chi connectivity index (χ0n) is 14.9. The van der Waals surface area contributed by atoms with Crippen LogP contribution in [0.3, 0.4) is 0 Å². The third kappa shape index (κ3) is 6.92. The zero-order valence-corrected chi connectivity index (χ0v) is 15.7. The van der Waals surface area contributed by atoms with Crippen LogP contribution in [0.15, 0.2) is 24.3 Å². The van der Waals surface area contributed by atoms with Crippen LogP contribution in [0.2, 0.25) is 0 Å². The molecule has 2 unspecified atom stereocenters. The van der Waals surface area contributed by atoms with Crippen LogP contribution in [-0.2, 0) is 4.79 Å². The number of urea groups is 1. The molecule has 2 atom stereocenters. The van der Waals surface area contributed by atoms with E-state index < -0.39 is 6.03 Å². The summed E-state index contributed by atoms with van der Waals surface area (Å²) in [5.41, 5.74) is 6.72. The van der Waals surface area contributed by atoms with Crippen LogP contribution in [0.1, 0.15) is 44.7 Å². The summed E-state index contributed by atoms with van der Waals surface area (Å²) in [6.07, 6.45) is 2.87. The lowest BCUT2D eigenvalue weighted by molar-refractivity contribution is -0.123. The molecule has 0 bridgehead atoms. The third-order valence-electron chi connectivity index (χ3n) is 4.75. The van der Waals surface area contributed by atoms with E-state index in [0.29, 0.717) is 23.9 Å². The van der Waals surface area contributed by atoms with Crippen molar-refractivity contribution in [1.82, 2.24) is 10.6 Å². The number of nitrogens with one attached hydrogen (secondary N) is 3. The molecule has 0 spiro atoms. The van der Waals surface area contributed by atoms with E-state index in [-0.39, 0.29) is 24.4 Å². The third-order valence-corrected chi connectivity index (χ3v) is 4.75. The van der Waals surface area contributed by atoms with Gasteiger partial charge < -0.3 is 21.7 Å². The van der Waals surface area contributed by atoms with Gasteiger partial charge in [-0.25, -0.2) is 4.79 Å². The number of halogens is 1. The van der Waals surface area contributed by atoms with E-state index in [1.54, 1.807) is 12.1 Å². The van der Waals surface area contributed by atoms with Gasteiger partial charge in [0.15, 0.2) is 0 Å². The molecule has 1 aliphatic heterocycles. The van der Waals surface area contributed by atoms with E-state index in [9.17, 15) is 9.59 Å². The van der Waals surface area contributed by atoms with Crippen molar-refractivity contribution in [2.75, 3.05) is 18.4 Å². The molecule has 0 aromatic heterocycles. The summed E-state index contributed by atoms with van der Waals surface area (Å²) >= 11 is 0. The van der Waals surface area contributed by atoms with E-state index in [2.05, 4.69) is 22.9 Å². The molecule has 25 heavy (non-hydrogen) atoms. The van der Waals surface area contributed by atoms with Gasteiger partial charge in [-0.3, -0.25) is 4.79 Å². The summed E-state index contributed by atoms with van der Waals surface area (Å²) in [4.78, 5) is 23.1. The fourth-order valence-corrected chi connectivity index (χ4v) is 3.25. The van der Waals surface area contributed by atoms with Crippen molar-refractivity contribution in [3.8, 4) is 0 Å². The highest BCUT2D eigenvalue weighted by Crippen LogP contribution is 2.24. The maximum atomic E-state index is 12.3. The number of anilines is 1. The largest absolute Gasteiger partial charge is 0.351 e. The first-order chi connectivity index (χ1) is 11.5. The first-order valence-electron chi connectivity index (χ1n) is 8.62. The molecule has 1 aromatic carbocycles. The van der Waals surface area contributed by atoms with Crippen molar-refractivity contribution < 1.29 is 9.59 Å². The van der Waals surface area contributed by atoms with E-state index in [0.717, 1.165) is 31.5 Å². The van der Waals surface area contributed by atoms with Crippen molar-refractivity contribution in [3.05, 3.63) is 29.8 Å². The smallest absolute Gasteiger partial charge is 0.316 e. The highest BCUT2D eigenvalue weighted by Gasteiger charge is 2.22. The number of nitrogens with two attached hydrogens (primary N) is 1. The van der Waals surface area contributed by atoms with Gasteiger partial charge in [0.25, 0.3) is 0 Å². The molecule has 1 aliphatic rings. The van der Waals surface area contributed by atoms with E-state index in [4.69, 9.17) is 5.73 Å². The number of carbonyl (C=O) groups excluding carboxylic acids is 2. The fourth-order valence-electron chi connectivity index (χ4n) is 3.25. The molecule has 0 saturated carbocycles. The lowest BCUT2D eigenvalue weighted by Crippen LogP contribution is -2.34. The highest BCUT2D eigenvalue weighted by atomic mass is 35.5. The SMILES string of the molecule is CC(NC(=O)CC(C)C1CCNCC1)c1ccc(NC(N)=O)cc1.Cl. The van der Waals surface area contributed by atoms with E-state index >= 15 is 0 Å². The van der Waals surface area contributed by atoms with Crippen LogP contribution in [-0.4, -0.2) is 25.0 Å². The predicted octanol–water partition coefficient (Wildman–Crippen LogP) is 2.80. The summed E-state index contributed by atoms with van der Waals surface area (Å²) in [6.45, 7) is 6.24. The highest BCUT2D eigenvalue weighted by molar-refractivity contribution is 5.87. The monoisotopic (exact) mass is 368 g/mol. The standard InChI is InChI=1S/C18H28N4O2.ClH/c1-12(14-7-9-20-10-8-14)11-17(23)21-13(2)15-3-5-16(6-4-15)22-18(19)24;/h3-6,12-14,20H,7-11H2,1-2H3,(H,21,23)(H3,19,22,24);1H. The number of piperidine rings is 1. The van der Waals surface area contributed by atoms with E-state index in [1.165, 1.54) is 0 Å². The van der Waals surface area contributed by atoms with Crippen molar-refractivity contribution >= 4 is 30.0 Å². The van der Waals surface area contributed by atoms with Gasteiger partial charge in [-0.15, -0.1) is 12.4 Å². The number of carbonyl (C=O) groups is 2. The van der Waals surface area contributed by atoms with Crippen molar-refractivity contribution in [3.63, 3.8) is 0 Å². The number of hydrogen-bond donors (Lipinski definition) is 4. The first kappa shape index (κ1) is 21.3. The maximum Gasteiger partial charge on any atom is 0.316 e. The molecule has 1 aromatic rings. The summed E-state index contributed by atoms with van der Waals surface area (Å²) in [5, 5.41) is 8.94. The molecule has 7 heteroatoms. The van der Waals surface area contributed by atoms with Crippen LogP contribution >= 0.6 is 12.4 Å². The summed E-state index contributed by atoms with van der Waals surface area (Å²) in [6, 6.07) is 6.66. The first-order valence-corrected chi connectivity index (χ1v) is 8.62. The second kappa shape index (κ2) is 10.3. The average Bonchev–Trinajstić information content (AvgIpc) is 2.55. The van der Waals surface area contributed by atoms with Crippen LogP contribution in [0.25, 0.3) is 0 Å². The van der Waals surface area contributed by atoms with Crippen LogP contribution in [0.5, 0.6) is 0 Å². The Bertz CT molecular complexity index is 559. The molecule has 1 fully saturated rings. The van der Waals surface area contributed by atoms with Gasteiger partial charge in [0, 0.05) is 12.1 Å². The van der Waals surface area contributed by atoms with Crippen LogP contribution in [0, 0.1) is 11.8 Å². The Morgan fingerprint density at radius 3 is 2.36 bits per heavy atom. The molecular weight excluding hydrogens is 340 g/mol. The molecule has 5 N–H and O–H groups in total. The minimum atomic E-state index is -0.587. The van der Waals surface area contributed by atoms with Crippen LogP contribution in [0.4, 0.5) is 10.5 Å². The second-order valence-electron chi connectivity index (χ2n) is 6.67. The molecule has 1 saturated heterocycles. The summed E-state index contributed by atoms with van der Waals surface area (Å²) in [7, 11) is 0. The molecule has 2 rings (SSSR count). The Balaban J connectivity index is 0.00000312. The Kier molecular flexibility index (Phi) is 8.72. The van der Waals surface area contributed by atoms with Crippen molar-refractivity contribution in [2.45, 2.75) is 39.2 Å². The number of rotatable bonds is 6. The predicted molar refractivity (Wildman–Crippen MR) is 103 cm³/mol. The number of benzene rings is 1. The molecule has 6 nitrogen and oxygen atoms in total. The Labute approximate surface area is 155 Å². The van der Waals surface area contributed by atoms with E-state index in [1.807, 2.05) is 19.1 Å². The normalized spacial score (nSPS) is 17.0. The molecule has 0 aliphatic carbocycles. The topological polar surface area (TPSA) is 96.2 Å². The lowest BCUT2D eigenvalue weighted by atomic mass is 9.84. The van der Waals surface area contributed by atoms with Gasteiger partial charge in [0.2, 0.25) is 5.91 Å². The minimum Gasteiger partial charge on any atom is -0.351 e. The van der Waals surface area contributed by atoms with Crippen molar-refractivity contribution in [1.29, 1.82) is 0 Å². The molecule has 0 radical (unpaired) electrons. The zero-order chi connectivity index (χ0) is 17.5. The van der Waals surface area contributed by atoms with Gasteiger partial charge in [-0.1, -0.05) is 19.1 Å². The quantitative estimate of drug-likeness (QED) is 0.621. The van der Waals surface area contributed by atoms with Gasteiger partial charge in [0.05, 0.1) is 6.04 Å². The second-order valence-corrected chi connectivity index (χ2v) is 6.67. The maximum absolute atomic E-state index is 12.3. The minimum absolute atomic E-state index is 0. The van der Waals surface area contributed by atoms with Gasteiger partial charge in [0.1, 0.15) is 0 Å². The fraction of sp³-hybridized carbons (Fsp3) is 0.556. The Hall–Kier alpha value is -1.79. The van der Waals surface area contributed by atoms with Crippen LogP contribution < -0.4 is 21.7 Å². The molecule has 3 amide bonds. The number of primary amides is 1. The van der Waals surface area contributed by atoms with Crippen molar-refractivity contribution in [2.24, 2.45) is 17.6 Å². The summed E-state index contributed by atoms with van der Waals surface area (Å²) < 4.78 is 0. The Morgan fingerprint density at radius 2 is 1.80 bits per heavy atom. The van der Waals surface area contributed by atoms with Gasteiger partial charge in [-0.2, -0.15) is 0 Å². The molecular formula is C18H29ClN4O2. The summed E-state index contributed by atoms with van der Waals surface area (Å²) in [5.74, 6) is 1.13. The molecule has 1 heterocycles. The van der Waals surface area contributed by atoms with Gasteiger partial charge in [-0.05, 0) is 62.4 Å². The average molecular weight is 369 g/mol. The van der Waals surface area contributed by atoms with Gasteiger partial charge >= 0.3 is 6.03 Å². The number of hydrogen-bond acceptors (Lipinski definition) is 3. The molecule has 140 valence electrons. The lowest BCUT2D eigenvalue weighted by Gasteiger charge is -2.28. The Morgan fingerprint density at radius 1 is 1.20 bits per heavy atom. The number of amides is 3.